The molecule has 0 aliphatic rings. The van der Waals surface area contributed by atoms with Gasteiger partial charge in [-0.1, -0.05) is 42.2 Å². The van der Waals surface area contributed by atoms with E-state index in [1.54, 1.807) is 12.1 Å². The number of rotatable bonds is 4. The predicted octanol–water partition coefficient (Wildman–Crippen LogP) is 3.14. The molecule has 0 aromatic heterocycles. The van der Waals surface area contributed by atoms with Gasteiger partial charge in [0.2, 0.25) is 0 Å². The quantitative estimate of drug-likeness (QED) is 0.865. The van der Waals surface area contributed by atoms with E-state index < -0.39 is 5.82 Å². The van der Waals surface area contributed by atoms with E-state index in [0.29, 0.717) is 18.6 Å². The van der Waals surface area contributed by atoms with Crippen LogP contribution in [0.5, 0.6) is 5.75 Å². The Morgan fingerprint density at radius 2 is 1.90 bits per heavy atom. The van der Waals surface area contributed by atoms with Crippen molar-refractivity contribution in [3.63, 3.8) is 0 Å². The minimum absolute atomic E-state index is 0.0194. The summed E-state index contributed by atoms with van der Waals surface area (Å²) in [5.41, 5.74) is 1.64. The first-order valence-electron chi connectivity index (χ1n) is 6.35. The zero-order chi connectivity index (χ0) is 14.2. The molecule has 0 heterocycles. The average Bonchev–Trinajstić information content (AvgIpc) is 2.49. The van der Waals surface area contributed by atoms with Crippen LogP contribution in [0.4, 0.5) is 4.39 Å². The second kappa shape index (κ2) is 7.32. The Morgan fingerprint density at radius 3 is 2.65 bits per heavy atom. The maximum atomic E-state index is 13.6. The molecule has 0 fully saturated rings. The molecular weight excluding hydrogens is 255 g/mol. The second-order valence-electron chi connectivity index (χ2n) is 4.19. The Kier molecular flexibility index (Phi) is 5.16. The van der Waals surface area contributed by atoms with Gasteiger partial charge in [-0.15, -0.1) is 0 Å². The molecule has 1 N–H and O–H groups in total. The maximum Gasteiger partial charge on any atom is 0.165 e. The molecule has 3 heteroatoms. The molecule has 0 amide bonds. The molecule has 0 saturated carbocycles. The standard InChI is InChI=1S/C17H15FO2/c18-16-10-9-14(6-4-5-11-19)12-17(16)20-13-15-7-2-1-3-8-15/h1-3,7-10,12,19H,5,11,13H2. The van der Waals surface area contributed by atoms with E-state index in [4.69, 9.17) is 9.84 Å². The third-order valence-electron chi connectivity index (χ3n) is 2.64. The lowest BCUT2D eigenvalue weighted by Gasteiger charge is -2.07. The molecule has 2 nitrogen and oxygen atoms in total. The van der Waals surface area contributed by atoms with Crippen LogP contribution in [-0.4, -0.2) is 11.7 Å². The zero-order valence-corrected chi connectivity index (χ0v) is 11.0. The topological polar surface area (TPSA) is 29.5 Å². The maximum absolute atomic E-state index is 13.6. The van der Waals surface area contributed by atoms with Gasteiger partial charge in [0.25, 0.3) is 0 Å². The van der Waals surface area contributed by atoms with Crippen LogP contribution < -0.4 is 4.74 Å². The number of hydrogen-bond acceptors (Lipinski definition) is 2. The minimum Gasteiger partial charge on any atom is -0.486 e. The number of halogens is 1. The van der Waals surface area contributed by atoms with Crippen LogP contribution in [0, 0.1) is 17.7 Å². The molecule has 0 saturated heterocycles. The molecule has 2 rings (SSSR count). The van der Waals surface area contributed by atoms with Gasteiger partial charge in [0.05, 0.1) is 6.61 Å². The van der Waals surface area contributed by atoms with Crippen LogP contribution in [0.3, 0.4) is 0 Å². The number of hydrogen-bond donors (Lipinski definition) is 1. The monoisotopic (exact) mass is 270 g/mol. The van der Waals surface area contributed by atoms with Gasteiger partial charge in [-0.2, -0.15) is 0 Å². The second-order valence-corrected chi connectivity index (χ2v) is 4.19. The van der Waals surface area contributed by atoms with Crippen molar-refractivity contribution in [2.75, 3.05) is 6.61 Å². The summed E-state index contributed by atoms with van der Waals surface area (Å²) in [4.78, 5) is 0. The van der Waals surface area contributed by atoms with Crippen LogP contribution in [0.1, 0.15) is 17.5 Å². The van der Waals surface area contributed by atoms with Crippen LogP contribution in [0.15, 0.2) is 48.5 Å². The molecule has 0 unspecified atom stereocenters. The Labute approximate surface area is 117 Å². The lowest BCUT2D eigenvalue weighted by Crippen LogP contribution is -1.97. The van der Waals surface area contributed by atoms with E-state index in [1.165, 1.54) is 6.07 Å². The molecule has 0 aliphatic heterocycles. The molecule has 0 aliphatic carbocycles. The third-order valence-corrected chi connectivity index (χ3v) is 2.64. The van der Waals surface area contributed by atoms with E-state index in [1.807, 2.05) is 30.3 Å². The number of aliphatic hydroxyl groups excluding tert-OH is 1. The van der Waals surface area contributed by atoms with Crippen molar-refractivity contribution in [1.82, 2.24) is 0 Å². The van der Waals surface area contributed by atoms with E-state index in [0.717, 1.165) is 5.56 Å². The van der Waals surface area contributed by atoms with E-state index >= 15 is 0 Å². The van der Waals surface area contributed by atoms with E-state index in [2.05, 4.69) is 11.8 Å². The smallest absolute Gasteiger partial charge is 0.165 e. The van der Waals surface area contributed by atoms with Crippen LogP contribution in [0.2, 0.25) is 0 Å². The normalized spacial score (nSPS) is 9.70. The summed E-state index contributed by atoms with van der Waals surface area (Å²) < 4.78 is 19.1. The van der Waals surface area contributed by atoms with Gasteiger partial charge in [0.1, 0.15) is 6.61 Å². The fourth-order valence-electron chi connectivity index (χ4n) is 1.65. The van der Waals surface area contributed by atoms with Crippen molar-refractivity contribution < 1.29 is 14.2 Å². The van der Waals surface area contributed by atoms with Crippen molar-refractivity contribution in [3.8, 4) is 17.6 Å². The fraction of sp³-hybridized carbons (Fsp3) is 0.176. The van der Waals surface area contributed by atoms with Gasteiger partial charge in [-0.25, -0.2) is 4.39 Å². The van der Waals surface area contributed by atoms with Crippen LogP contribution in [-0.2, 0) is 6.61 Å². The van der Waals surface area contributed by atoms with Gasteiger partial charge in [0.15, 0.2) is 11.6 Å². The molecule has 0 spiro atoms. The van der Waals surface area contributed by atoms with Gasteiger partial charge in [-0.05, 0) is 23.8 Å². The Bertz CT molecular complexity index is 612. The van der Waals surface area contributed by atoms with Crippen molar-refractivity contribution in [3.05, 3.63) is 65.5 Å². The highest BCUT2D eigenvalue weighted by Gasteiger charge is 2.04. The number of benzene rings is 2. The van der Waals surface area contributed by atoms with Crippen LogP contribution in [0.25, 0.3) is 0 Å². The lowest BCUT2D eigenvalue weighted by molar-refractivity contribution is 0.290. The van der Waals surface area contributed by atoms with E-state index in [-0.39, 0.29) is 12.4 Å². The lowest BCUT2D eigenvalue weighted by atomic mass is 10.2. The Balaban J connectivity index is 2.07. The highest BCUT2D eigenvalue weighted by atomic mass is 19.1. The van der Waals surface area contributed by atoms with Crippen molar-refractivity contribution in [1.29, 1.82) is 0 Å². The Hall–Kier alpha value is -2.31. The van der Waals surface area contributed by atoms with Crippen LogP contribution >= 0.6 is 0 Å². The minimum atomic E-state index is -0.409. The molecule has 2 aromatic carbocycles. The predicted molar refractivity (Wildman–Crippen MR) is 75.8 cm³/mol. The van der Waals surface area contributed by atoms with Crippen molar-refractivity contribution in [2.45, 2.75) is 13.0 Å². The summed E-state index contributed by atoms with van der Waals surface area (Å²) in [5.74, 6) is 5.42. The SMILES string of the molecule is OCCC#Cc1ccc(F)c(OCc2ccccc2)c1. The molecule has 2 aromatic rings. The highest BCUT2D eigenvalue weighted by molar-refractivity contribution is 5.40. The fourth-order valence-corrected chi connectivity index (χ4v) is 1.65. The molecule has 0 radical (unpaired) electrons. The van der Waals surface area contributed by atoms with Gasteiger partial charge < -0.3 is 9.84 Å². The van der Waals surface area contributed by atoms with Crippen molar-refractivity contribution >= 4 is 0 Å². The summed E-state index contributed by atoms with van der Waals surface area (Å²) in [5, 5.41) is 8.67. The summed E-state index contributed by atoms with van der Waals surface area (Å²) in [6.07, 6.45) is 0.400. The van der Waals surface area contributed by atoms with Crippen molar-refractivity contribution in [2.24, 2.45) is 0 Å². The summed E-state index contributed by atoms with van der Waals surface area (Å²) in [7, 11) is 0. The van der Waals surface area contributed by atoms with Gasteiger partial charge in [0, 0.05) is 12.0 Å². The molecule has 0 bridgehead atoms. The largest absolute Gasteiger partial charge is 0.486 e. The molecule has 20 heavy (non-hydrogen) atoms. The molecular formula is C17H15FO2. The first kappa shape index (κ1) is 14.1. The summed E-state index contributed by atoms with van der Waals surface area (Å²) in [6, 6.07) is 14.1. The number of aliphatic hydroxyl groups is 1. The first-order chi connectivity index (χ1) is 9.79. The van der Waals surface area contributed by atoms with Gasteiger partial charge >= 0.3 is 0 Å². The summed E-state index contributed by atoms with van der Waals surface area (Å²) in [6.45, 7) is 0.330. The molecule has 102 valence electrons. The number of ether oxygens (including phenoxy) is 1. The van der Waals surface area contributed by atoms with E-state index in [9.17, 15) is 4.39 Å². The molecule has 0 atom stereocenters. The van der Waals surface area contributed by atoms with Gasteiger partial charge in [-0.3, -0.25) is 0 Å². The highest BCUT2D eigenvalue weighted by Crippen LogP contribution is 2.19. The zero-order valence-electron chi connectivity index (χ0n) is 11.0. The summed E-state index contributed by atoms with van der Waals surface area (Å²) >= 11 is 0. The first-order valence-corrected chi connectivity index (χ1v) is 6.35. The third kappa shape index (κ3) is 4.11. The average molecular weight is 270 g/mol. The Morgan fingerprint density at radius 1 is 1.10 bits per heavy atom.